The number of rotatable bonds is 11. The maximum atomic E-state index is 5.08. The van der Waals surface area contributed by atoms with Crippen LogP contribution in [0.15, 0.2) is 46.5 Å². The Kier molecular flexibility index (Phi) is 12.9. The van der Waals surface area contributed by atoms with Crippen LogP contribution in [0.5, 0.6) is 0 Å². The standard InChI is InChI=1S/C18H28N6OS.HI/c1-3-17-23-22-15-24(17)12-9-19-18(20-10-13-25-2)21-11-14-26-16-7-5-4-6-8-16;/h4-8,15H,3,9-14H2,1-2H3,(H2,19,20,21);1H. The van der Waals surface area contributed by atoms with Gasteiger partial charge in [-0.25, -0.2) is 0 Å². The number of methoxy groups -OCH3 is 1. The smallest absolute Gasteiger partial charge is 0.191 e. The number of hydrogen-bond donors (Lipinski definition) is 2. The highest BCUT2D eigenvalue weighted by Gasteiger charge is 2.03. The summed E-state index contributed by atoms with van der Waals surface area (Å²) in [5.41, 5.74) is 0. The van der Waals surface area contributed by atoms with Gasteiger partial charge in [0, 0.05) is 43.8 Å². The first kappa shape index (κ1) is 23.7. The van der Waals surface area contributed by atoms with E-state index in [0.29, 0.717) is 13.2 Å². The Morgan fingerprint density at radius 1 is 1.22 bits per heavy atom. The Bertz CT molecular complexity index is 652. The molecule has 0 atom stereocenters. The first-order valence-electron chi connectivity index (χ1n) is 8.89. The number of aliphatic imine (C=N–C) groups is 1. The van der Waals surface area contributed by atoms with Gasteiger partial charge in [-0.05, 0) is 12.1 Å². The molecule has 7 nitrogen and oxygen atoms in total. The summed E-state index contributed by atoms with van der Waals surface area (Å²) < 4.78 is 7.14. The number of nitrogens with zero attached hydrogens (tertiary/aromatic N) is 4. The molecule has 2 rings (SSSR count). The van der Waals surface area contributed by atoms with E-state index in [0.717, 1.165) is 43.6 Å². The Hall–Kier alpha value is -1.33. The molecular formula is C18H29IN6OS. The fraction of sp³-hybridized carbons (Fsp3) is 0.500. The van der Waals surface area contributed by atoms with Crippen molar-refractivity contribution in [2.24, 2.45) is 4.99 Å². The predicted molar refractivity (Wildman–Crippen MR) is 122 cm³/mol. The summed E-state index contributed by atoms with van der Waals surface area (Å²) in [7, 11) is 1.69. The normalized spacial score (nSPS) is 11.1. The molecule has 0 radical (unpaired) electrons. The summed E-state index contributed by atoms with van der Waals surface area (Å²) in [6, 6.07) is 10.4. The van der Waals surface area contributed by atoms with Crippen molar-refractivity contribution in [2.75, 3.05) is 39.1 Å². The molecule has 27 heavy (non-hydrogen) atoms. The molecule has 9 heteroatoms. The minimum Gasteiger partial charge on any atom is -0.383 e. The minimum atomic E-state index is 0. The molecule has 0 bridgehead atoms. The lowest BCUT2D eigenvalue weighted by Gasteiger charge is -2.13. The van der Waals surface area contributed by atoms with Crippen LogP contribution in [0.4, 0.5) is 0 Å². The van der Waals surface area contributed by atoms with Crippen molar-refractivity contribution in [1.82, 2.24) is 25.4 Å². The van der Waals surface area contributed by atoms with Crippen molar-refractivity contribution < 1.29 is 4.74 Å². The molecule has 0 aliphatic carbocycles. The fourth-order valence-electron chi connectivity index (χ4n) is 2.31. The minimum absolute atomic E-state index is 0. The maximum absolute atomic E-state index is 5.08. The Morgan fingerprint density at radius 3 is 2.74 bits per heavy atom. The topological polar surface area (TPSA) is 76.4 Å². The number of guanidine groups is 1. The van der Waals surface area contributed by atoms with Gasteiger partial charge < -0.3 is 19.9 Å². The van der Waals surface area contributed by atoms with E-state index >= 15 is 0 Å². The molecule has 0 fully saturated rings. The van der Waals surface area contributed by atoms with Gasteiger partial charge in [0.05, 0.1) is 13.2 Å². The summed E-state index contributed by atoms with van der Waals surface area (Å²) in [6.07, 6.45) is 2.65. The zero-order valence-electron chi connectivity index (χ0n) is 15.9. The highest BCUT2D eigenvalue weighted by atomic mass is 127. The molecule has 1 aromatic carbocycles. The number of benzene rings is 1. The van der Waals surface area contributed by atoms with E-state index in [1.807, 2.05) is 17.8 Å². The third-order valence-corrected chi connectivity index (χ3v) is 4.64. The molecular weight excluding hydrogens is 475 g/mol. The Labute approximate surface area is 182 Å². The summed E-state index contributed by atoms with van der Waals surface area (Å²) in [5.74, 6) is 2.78. The van der Waals surface area contributed by atoms with Crippen LogP contribution in [-0.4, -0.2) is 59.8 Å². The van der Waals surface area contributed by atoms with Gasteiger partial charge in [0.15, 0.2) is 5.96 Å². The van der Waals surface area contributed by atoms with E-state index in [9.17, 15) is 0 Å². The first-order chi connectivity index (χ1) is 12.8. The predicted octanol–water partition coefficient (Wildman–Crippen LogP) is 2.43. The number of nitrogens with one attached hydrogen (secondary N) is 2. The van der Waals surface area contributed by atoms with Gasteiger partial charge in [-0.1, -0.05) is 25.1 Å². The number of aromatic nitrogens is 3. The van der Waals surface area contributed by atoms with Crippen molar-refractivity contribution in [1.29, 1.82) is 0 Å². The van der Waals surface area contributed by atoms with E-state index in [1.165, 1.54) is 4.90 Å². The van der Waals surface area contributed by atoms with Gasteiger partial charge in [0.25, 0.3) is 0 Å². The number of thioether (sulfide) groups is 1. The maximum Gasteiger partial charge on any atom is 0.191 e. The second kappa shape index (κ2) is 14.7. The lowest BCUT2D eigenvalue weighted by molar-refractivity contribution is 0.208. The molecule has 150 valence electrons. The van der Waals surface area contributed by atoms with Crippen LogP contribution in [0.25, 0.3) is 0 Å². The van der Waals surface area contributed by atoms with Crippen LogP contribution in [0.2, 0.25) is 0 Å². The second-order valence-electron chi connectivity index (χ2n) is 5.53. The number of halogens is 1. The lowest BCUT2D eigenvalue weighted by Crippen LogP contribution is -2.40. The van der Waals surface area contributed by atoms with Crippen molar-refractivity contribution in [3.63, 3.8) is 0 Å². The van der Waals surface area contributed by atoms with Gasteiger partial charge in [0.1, 0.15) is 12.2 Å². The van der Waals surface area contributed by atoms with E-state index in [1.54, 1.807) is 13.4 Å². The molecule has 2 N–H and O–H groups in total. The zero-order valence-corrected chi connectivity index (χ0v) is 19.1. The summed E-state index contributed by atoms with van der Waals surface area (Å²) in [4.78, 5) is 5.82. The monoisotopic (exact) mass is 504 g/mol. The molecule has 0 amide bonds. The van der Waals surface area contributed by atoms with Gasteiger partial charge >= 0.3 is 0 Å². The number of ether oxygens (including phenoxy) is 1. The molecule has 1 aromatic heterocycles. The molecule has 2 aromatic rings. The van der Waals surface area contributed by atoms with Crippen molar-refractivity contribution >= 4 is 41.7 Å². The van der Waals surface area contributed by atoms with E-state index in [2.05, 4.69) is 61.6 Å². The molecule has 0 aliphatic rings. The van der Waals surface area contributed by atoms with Gasteiger partial charge in [0.2, 0.25) is 0 Å². The SMILES string of the molecule is CCc1nncn1CCNC(=NCCOC)NCCSc1ccccc1.I. The molecule has 0 aliphatic heterocycles. The van der Waals surface area contributed by atoms with Gasteiger partial charge in [-0.3, -0.25) is 4.99 Å². The number of aryl methyl sites for hydroxylation is 1. The van der Waals surface area contributed by atoms with Gasteiger partial charge in [-0.2, -0.15) is 0 Å². The quantitative estimate of drug-likeness (QED) is 0.161. The van der Waals surface area contributed by atoms with Crippen LogP contribution in [0.3, 0.4) is 0 Å². The van der Waals surface area contributed by atoms with Crippen molar-refractivity contribution in [3.8, 4) is 0 Å². The highest BCUT2D eigenvalue weighted by molar-refractivity contribution is 14.0. The molecule has 0 saturated carbocycles. The highest BCUT2D eigenvalue weighted by Crippen LogP contribution is 2.15. The third-order valence-electron chi connectivity index (χ3n) is 3.63. The summed E-state index contributed by atoms with van der Waals surface area (Å²) in [5, 5.41) is 14.8. The van der Waals surface area contributed by atoms with Crippen LogP contribution in [-0.2, 0) is 17.7 Å². The fourth-order valence-corrected chi connectivity index (χ4v) is 3.10. The average molecular weight is 504 g/mol. The van der Waals surface area contributed by atoms with E-state index < -0.39 is 0 Å². The first-order valence-corrected chi connectivity index (χ1v) is 9.87. The van der Waals surface area contributed by atoms with Crippen molar-refractivity contribution in [2.45, 2.75) is 24.8 Å². The molecule has 0 spiro atoms. The molecule has 0 saturated heterocycles. The Morgan fingerprint density at radius 2 is 2.00 bits per heavy atom. The van der Waals surface area contributed by atoms with Gasteiger partial charge in [-0.15, -0.1) is 45.9 Å². The Balaban J connectivity index is 0.00000364. The van der Waals surface area contributed by atoms with Crippen LogP contribution in [0.1, 0.15) is 12.7 Å². The molecule has 0 unspecified atom stereocenters. The molecule has 1 heterocycles. The summed E-state index contributed by atoms with van der Waals surface area (Å²) >= 11 is 1.83. The summed E-state index contributed by atoms with van der Waals surface area (Å²) in [6.45, 7) is 5.72. The number of hydrogen-bond acceptors (Lipinski definition) is 5. The van der Waals surface area contributed by atoms with Crippen LogP contribution < -0.4 is 10.6 Å². The largest absolute Gasteiger partial charge is 0.383 e. The second-order valence-corrected chi connectivity index (χ2v) is 6.70. The lowest BCUT2D eigenvalue weighted by atomic mass is 10.4. The average Bonchev–Trinajstić information content (AvgIpc) is 3.13. The zero-order chi connectivity index (χ0) is 18.5. The van der Waals surface area contributed by atoms with E-state index in [4.69, 9.17) is 4.74 Å². The van der Waals surface area contributed by atoms with E-state index in [-0.39, 0.29) is 24.0 Å². The van der Waals surface area contributed by atoms with Crippen molar-refractivity contribution in [3.05, 3.63) is 42.5 Å². The third kappa shape index (κ3) is 9.43. The van der Waals surface area contributed by atoms with Crippen LogP contribution in [0, 0.1) is 0 Å². The van der Waals surface area contributed by atoms with Crippen LogP contribution >= 0.6 is 35.7 Å².